The van der Waals surface area contributed by atoms with Gasteiger partial charge in [0.25, 0.3) is 0 Å². The minimum Gasteiger partial charge on any atom is -0.369 e. The van der Waals surface area contributed by atoms with Gasteiger partial charge in [0.15, 0.2) is 5.82 Å². The molecule has 98 valence electrons. The first-order chi connectivity index (χ1) is 8.21. The summed E-state index contributed by atoms with van der Waals surface area (Å²) in [6, 6.07) is 0. The van der Waals surface area contributed by atoms with Crippen molar-refractivity contribution in [2.24, 2.45) is 5.92 Å². The fourth-order valence-electron chi connectivity index (χ4n) is 2.65. The van der Waals surface area contributed by atoms with Gasteiger partial charge in [-0.3, -0.25) is 4.79 Å². The second-order valence-corrected chi connectivity index (χ2v) is 6.17. The van der Waals surface area contributed by atoms with Crippen LogP contribution in [0, 0.1) is 12.8 Å². The first-order valence-electron chi connectivity index (χ1n) is 6.24. The molecular weight excluding hydrogens is 228 g/mol. The number of Topliss-reactive ketones (excluding diaryl/α,β-unsaturated/α-hetero) is 1. The number of nitrogens with zero attached hydrogens (tertiary/aromatic N) is 2. The van der Waals surface area contributed by atoms with E-state index in [1.165, 1.54) is 0 Å². The lowest BCUT2D eigenvalue weighted by atomic mass is 9.84. The van der Waals surface area contributed by atoms with Crippen molar-refractivity contribution in [3.8, 4) is 0 Å². The van der Waals surface area contributed by atoms with E-state index in [1.54, 1.807) is 12.4 Å². The molecule has 0 aliphatic carbocycles. The minimum absolute atomic E-state index is 0.0226. The first kappa shape index (κ1) is 13.1. The van der Waals surface area contributed by atoms with Gasteiger partial charge in [0.1, 0.15) is 0 Å². The molecule has 0 amide bonds. The highest BCUT2D eigenvalue weighted by atomic mass is 16.5. The van der Waals surface area contributed by atoms with Gasteiger partial charge in [-0.1, -0.05) is 0 Å². The molecule has 1 fully saturated rings. The van der Waals surface area contributed by atoms with Crippen LogP contribution in [0.15, 0.2) is 12.4 Å². The van der Waals surface area contributed by atoms with E-state index in [4.69, 9.17) is 4.74 Å². The van der Waals surface area contributed by atoms with Crippen molar-refractivity contribution in [3.05, 3.63) is 23.8 Å². The maximum absolute atomic E-state index is 12.5. The van der Waals surface area contributed by atoms with Crippen LogP contribution < -0.4 is 0 Å². The largest absolute Gasteiger partial charge is 0.369 e. The molecule has 1 unspecified atom stereocenters. The predicted molar refractivity (Wildman–Crippen MR) is 68.4 cm³/mol. The summed E-state index contributed by atoms with van der Waals surface area (Å²) in [7, 11) is 0. The van der Waals surface area contributed by atoms with E-state index >= 15 is 0 Å². The van der Waals surface area contributed by atoms with Crippen LogP contribution in [-0.4, -0.2) is 27.0 Å². The van der Waals surface area contributed by atoms with Gasteiger partial charge in [-0.15, -0.1) is 0 Å². The van der Waals surface area contributed by atoms with E-state index in [-0.39, 0.29) is 17.3 Å². The number of hydrogen-bond acceptors (Lipinski definition) is 4. The van der Waals surface area contributed by atoms with E-state index < -0.39 is 5.60 Å². The van der Waals surface area contributed by atoms with Crippen LogP contribution in [-0.2, 0) is 4.74 Å². The van der Waals surface area contributed by atoms with Gasteiger partial charge < -0.3 is 4.74 Å². The number of rotatable bonds is 2. The molecule has 1 aromatic rings. The van der Waals surface area contributed by atoms with Crippen LogP contribution >= 0.6 is 0 Å². The number of ketones is 1. The monoisotopic (exact) mass is 248 g/mol. The second-order valence-electron chi connectivity index (χ2n) is 6.17. The maximum atomic E-state index is 12.5. The summed E-state index contributed by atoms with van der Waals surface area (Å²) < 4.78 is 5.94. The Balaban J connectivity index is 2.27. The molecule has 0 spiro atoms. The van der Waals surface area contributed by atoms with Crippen LogP contribution in [0.4, 0.5) is 0 Å². The Morgan fingerprint density at radius 2 is 1.83 bits per heavy atom. The molecule has 4 heteroatoms. The number of carbonyl (C=O) groups is 1. The van der Waals surface area contributed by atoms with Gasteiger partial charge in [0.05, 0.1) is 17.1 Å². The second kappa shape index (κ2) is 4.12. The molecule has 1 atom stereocenters. The zero-order chi connectivity index (χ0) is 13.6. The quantitative estimate of drug-likeness (QED) is 0.755. The Labute approximate surface area is 108 Å². The molecule has 2 heterocycles. The number of aryl methyl sites for hydroxylation is 1. The Bertz CT molecular complexity index is 463. The third-order valence-electron chi connectivity index (χ3n) is 3.39. The summed E-state index contributed by atoms with van der Waals surface area (Å²) in [5.74, 6) is 0.0840. The SMILES string of the molecule is Cc1cnc(C(=O)C2CC(C)(C)OC2(C)C)nc1. The average molecular weight is 248 g/mol. The zero-order valence-corrected chi connectivity index (χ0v) is 11.7. The first-order valence-corrected chi connectivity index (χ1v) is 6.24. The fourth-order valence-corrected chi connectivity index (χ4v) is 2.65. The lowest BCUT2D eigenvalue weighted by Gasteiger charge is -2.26. The van der Waals surface area contributed by atoms with Gasteiger partial charge in [-0.25, -0.2) is 9.97 Å². The van der Waals surface area contributed by atoms with Crippen LogP contribution in [0.5, 0.6) is 0 Å². The highest BCUT2D eigenvalue weighted by Crippen LogP contribution is 2.42. The fraction of sp³-hybridized carbons (Fsp3) is 0.643. The zero-order valence-electron chi connectivity index (χ0n) is 11.7. The van der Waals surface area contributed by atoms with Gasteiger partial charge in [-0.05, 0) is 46.6 Å². The smallest absolute Gasteiger partial charge is 0.206 e. The molecule has 0 radical (unpaired) electrons. The molecule has 1 aliphatic rings. The summed E-state index contributed by atoms with van der Waals surface area (Å²) in [6.45, 7) is 9.84. The number of hydrogen-bond donors (Lipinski definition) is 0. The summed E-state index contributed by atoms with van der Waals surface area (Å²) >= 11 is 0. The van der Waals surface area contributed by atoms with Crippen molar-refractivity contribution in [1.82, 2.24) is 9.97 Å². The summed E-state index contributed by atoms with van der Waals surface area (Å²) in [4.78, 5) is 20.7. The topological polar surface area (TPSA) is 52.1 Å². The van der Waals surface area contributed by atoms with E-state index in [2.05, 4.69) is 9.97 Å². The normalized spacial score (nSPS) is 25.1. The van der Waals surface area contributed by atoms with Gasteiger partial charge >= 0.3 is 0 Å². The number of carbonyl (C=O) groups excluding carboxylic acids is 1. The molecule has 2 rings (SSSR count). The Hall–Kier alpha value is -1.29. The molecule has 0 aromatic carbocycles. The number of aromatic nitrogens is 2. The van der Waals surface area contributed by atoms with Gasteiger partial charge in [-0.2, -0.15) is 0 Å². The van der Waals surface area contributed by atoms with Gasteiger partial charge in [0.2, 0.25) is 5.78 Å². The minimum atomic E-state index is -0.463. The van der Waals surface area contributed by atoms with Crippen molar-refractivity contribution < 1.29 is 9.53 Å². The molecule has 1 aromatic heterocycles. The van der Waals surface area contributed by atoms with E-state index in [0.717, 1.165) is 5.56 Å². The van der Waals surface area contributed by atoms with Crippen molar-refractivity contribution in [2.45, 2.75) is 52.2 Å². The molecular formula is C14H20N2O2. The summed E-state index contributed by atoms with van der Waals surface area (Å²) in [5.41, 5.74) is 0.220. The molecule has 0 bridgehead atoms. The molecule has 18 heavy (non-hydrogen) atoms. The third-order valence-corrected chi connectivity index (χ3v) is 3.39. The Kier molecular flexibility index (Phi) is 3.01. The average Bonchev–Trinajstić information content (AvgIpc) is 2.47. The van der Waals surface area contributed by atoms with Crippen LogP contribution in [0.2, 0.25) is 0 Å². The van der Waals surface area contributed by atoms with Crippen molar-refractivity contribution in [2.75, 3.05) is 0 Å². The van der Waals surface area contributed by atoms with Crippen LogP contribution in [0.25, 0.3) is 0 Å². The highest BCUT2D eigenvalue weighted by molar-refractivity contribution is 5.95. The highest BCUT2D eigenvalue weighted by Gasteiger charge is 2.49. The van der Waals surface area contributed by atoms with Crippen molar-refractivity contribution >= 4 is 5.78 Å². The number of ether oxygens (including phenoxy) is 1. The molecule has 1 aliphatic heterocycles. The standard InChI is InChI=1S/C14H20N2O2/c1-9-7-15-12(16-8-9)11(17)10-6-13(2,3)18-14(10,4)5/h7-8,10H,6H2,1-5H3. The Morgan fingerprint density at radius 3 is 2.28 bits per heavy atom. The Morgan fingerprint density at radius 1 is 1.28 bits per heavy atom. The van der Waals surface area contributed by atoms with E-state index in [0.29, 0.717) is 12.2 Å². The maximum Gasteiger partial charge on any atom is 0.206 e. The molecule has 1 saturated heterocycles. The lowest BCUT2D eigenvalue weighted by Crippen LogP contribution is -2.34. The van der Waals surface area contributed by atoms with E-state index in [9.17, 15) is 4.79 Å². The molecule has 0 N–H and O–H groups in total. The summed E-state index contributed by atoms with van der Waals surface area (Å²) in [5, 5.41) is 0. The summed E-state index contributed by atoms with van der Waals surface area (Å²) in [6.07, 6.45) is 4.05. The van der Waals surface area contributed by atoms with Crippen LogP contribution in [0.1, 0.15) is 50.3 Å². The van der Waals surface area contributed by atoms with E-state index in [1.807, 2.05) is 34.6 Å². The third kappa shape index (κ3) is 2.43. The van der Waals surface area contributed by atoms with Crippen molar-refractivity contribution in [1.29, 1.82) is 0 Å². The van der Waals surface area contributed by atoms with Gasteiger partial charge in [0, 0.05) is 12.4 Å². The molecule has 0 saturated carbocycles. The predicted octanol–water partition coefficient (Wildman–Crippen LogP) is 2.56. The molecule has 4 nitrogen and oxygen atoms in total. The van der Waals surface area contributed by atoms with Crippen molar-refractivity contribution in [3.63, 3.8) is 0 Å². The van der Waals surface area contributed by atoms with Crippen LogP contribution in [0.3, 0.4) is 0 Å². The lowest BCUT2D eigenvalue weighted by molar-refractivity contribution is -0.0713.